The first kappa shape index (κ1) is 14.9. The van der Waals surface area contributed by atoms with Crippen molar-refractivity contribution in [1.29, 1.82) is 0 Å². The highest BCUT2D eigenvalue weighted by molar-refractivity contribution is 6.32. The Kier molecular flexibility index (Phi) is 4.49. The summed E-state index contributed by atoms with van der Waals surface area (Å²) in [5.74, 6) is 0. The molecule has 0 saturated heterocycles. The Morgan fingerprint density at radius 2 is 2.10 bits per heavy atom. The molecule has 0 radical (unpaired) electrons. The van der Waals surface area contributed by atoms with Gasteiger partial charge in [0.05, 0.1) is 23.0 Å². The van der Waals surface area contributed by atoms with Crippen LogP contribution in [-0.2, 0) is 4.74 Å². The number of rotatable bonds is 3. The van der Waals surface area contributed by atoms with Crippen LogP contribution in [0.15, 0.2) is 41.3 Å². The number of nitrogens with two attached hydrogens (primary N) is 1. The van der Waals surface area contributed by atoms with E-state index in [1.807, 2.05) is 0 Å². The first-order valence-corrected chi connectivity index (χ1v) is 6.62. The molecular weight excluding hydrogens is 294 g/mol. The summed E-state index contributed by atoms with van der Waals surface area (Å²) in [6.07, 6.45) is 0.757. The van der Waals surface area contributed by atoms with E-state index in [1.54, 1.807) is 31.2 Å². The Balaban J connectivity index is 2.50. The van der Waals surface area contributed by atoms with Gasteiger partial charge in [0.2, 0.25) is 0 Å². The molecule has 2 aromatic rings. The minimum Gasteiger partial charge on any atom is -0.450 e. The van der Waals surface area contributed by atoms with Gasteiger partial charge in [-0.05, 0) is 25.1 Å². The van der Waals surface area contributed by atoms with E-state index in [2.05, 4.69) is 5.32 Å². The third-order valence-corrected chi connectivity index (χ3v) is 3.06. The number of carbonyl (C=O) groups is 1. The predicted molar refractivity (Wildman–Crippen MR) is 82.1 cm³/mol. The first-order chi connectivity index (χ1) is 10.0. The SMILES string of the molecule is CCOC(=O)Nc1c(N)ccn(-c2ccccc2Cl)c1=O. The maximum atomic E-state index is 12.4. The maximum absolute atomic E-state index is 12.4. The third kappa shape index (κ3) is 3.17. The summed E-state index contributed by atoms with van der Waals surface area (Å²) in [6, 6.07) is 8.37. The molecule has 0 aliphatic carbocycles. The lowest BCUT2D eigenvalue weighted by atomic mass is 10.3. The van der Waals surface area contributed by atoms with Gasteiger partial charge in [0.1, 0.15) is 5.69 Å². The minimum atomic E-state index is -0.738. The van der Waals surface area contributed by atoms with E-state index < -0.39 is 11.7 Å². The molecule has 0 fully saturated rings. The van der Waals surface area contributed by atoms with Crippen molar-refractivity contribution < 1.29 is 9.53 Å². The Hall–Kier alpha value is -2.47. The van der Waals surface area contributed by atoms with Crippen LogP contribution in [0, 0.1) is 0 Å². The van der Waals surface area contributed by atoms with Crippen molar-refractivity contribution >= 4 is 29.1 Å². The number of amides is 1. The van der Waals surface area contributed by atoms with E-state index in [0.717, 1.165) is 0 Å². The van der Waals surface area contributed by atoms with Gasteiger partial charge >= 0.3 is 6.09 Å². The molecule has 7 heteroatoms. The predicted octanol–water partition coefficient (Wildman–Crippen LogP) is 2.64. The van der Waals surface area contributed by atoms with Gasteiger partial charge in [-0.1, -0.05) is 23.7 Å². The van der Waals surface area contributed by atoms with Gasteiger partial charge in [-0.15, -0.1) is 0 Å². The summed E-state index contributed by atoms with van der Waals surface area (Å²) in [4.78, 5) is 23.9. The van der Waals surface area contributed by atoms with Crippen LogP contribution in [0.25, 0.3) is 5.69 Å². The maximum Gasteiger partial charge on any atom is 0.411 e. The summed E-state index contributed by atoms with van der Waals surface area (Å²) in [5.41, 5.74) is 5.84. The molecule has 110 valence electrons. The van der Waals surface area contributed by atoms with Crippen molar-refractivity contribution in [2.75, 3.05) is 17.7 Å². The molecule has 1 aromatic heterocycles. The highest BCUT2D eigenvalue weighted by atomic mass is 35.5. The first-order valence-electron chi connectivity index (χ1n) is 6.24. The molecule has 0 aliphatic heterocycles. The molecule has 0 atom stereocenters. The van der Waals surface area contributed by atoms with Gasteiger partial charge in [-0.25, -0.2) is 4.79 Å². The Bertz CT molecular complexity index is 728. The summed E-state index contributed by atoms with van der Waals surface area (Å²) in [7, 11) is 0. The molecule has 0 spiro atoms. The molecule has 2 rings (SSSR count). The van der Waals surface area contributed by atoms with Gasteiger partial charge < -0.3 is 10.5 Å². The monoisotopic (exact) mass is 307 g/mol. The largest absolute Gasteiger partial charge is 0.450 e. The standard InChI is InChI=1S/C14H14ClN3O3/c1-2-21-14(20)17-12-10(16)7-8-18(13(12)19)11-6-4-3-5-9(11)15/h3-8H,2,16H2,1H3,(H,17,20). The van der Waals surface area contributed by atoms with Crippen molar-refractivity contribution in [3.8, 4) is 5.69 Å². The van der Waals surface area contributed by atoms with Crippen molar-refractivity contribution in [2.45, 2.75) is 6.92 Å². The summed E-state index contributed by atoms with van der Waals surface area (Å²) in [5, 5.41) is 2.76. The number of benzene rings is 1. The molecule has 21 heavy (non-hydrogen) atoms. The molecule has 0 unspecified atom stereocenters. The smallest absolute Gasteiger partial charge is 0.411 e. The van der Waals surface area contributed by atoms with Gasteiger partial charge in [-0.2, -0.15) is 0 Å². The highest BCUT2D eigenvalue weighted by Crippen LogP contribution is 2.20. The molecule has 1 heterocycles. The number of anilines is 2. The lowest BCUT2D eigenvalue weighted by molar-refractivity contribution is 0.168. The number of hydrogen-bond acceptors (Lipinski definition) is 4. The third-order valence-electron chi connectivity index (χ3n) is 2.74. The Labute approximate surface area is 126 Å². The zero-order valence-electron chi connectivity index (χ0n) is 11.3. The number of para-hydroxylation sites is 1. The molecule has 1 amide bonds. The molecule has 3 N–H and O–H groups in total. The second kappa shape index (κ2) is 6.32. The van der Waals surface area contributed by atoms with Crippen LogP contribution in [0.1, 0.15) is 6.92 Å². The summed E-state index contributed by atoms with van der Waals surface area (Å²) >= 11 is 6.08. The molecule has 0 aliphatic rings. The quantitative estimate of drug-likeness (QED) is 0.912. The van der Waals surface area contributed by atoms with E-state index in [0.29, 0.717) is 10.7 Å². The fraction of sp³-hybridized carbons (Fsp3) is 0.143. The van der Waals surface area contributed by atoms with Gasteiger partial charge in [0.25, 0.3) is 5.56 Å². The van der Waals surface area contributed by atoms with Crippen molar-refractivity contribution in [3.05, 3.63) is 51.9 Å². The average Bonchev–Trinajstić information content (AvgIpc) is 2.45. The highest BCUT2D eigenvalue weighted by Gasteiger charge is 2.14. The number of pyridine rings is 1. The van der Waals surface area contributed by atoms with E-state index >= 15 is 0 Å². The molecule has 6 nitrogen and oxygen atoms in total. The van der Waals surface area contributed by atoms with Crippen molar-refractivity contribution in [3.63, 3.8) is 0 Å². The van der Waals surface area contributed by atoms with Crippen LogP contribution in [0.5, 0.6) is 0 Å². The number of halogens is 1. The second-order valence-electron chi connectivity index (χ2n) is 4.12. The van der Waals surface area contributed by atoms with E-state index in [9.17, 15) is 9.59 Å². The number of carbonyl (C=O) groups excluding carboxylic acids is 1. The number of ether oxygens (including phenoxy) is 1. The van der Waals surface area contributed by atoms with Crippen LogP contribution >= 0.6 is 11.6 Å². The van der Waals surface area contributed by atoms with Crippen LogP contribution < -0.4 is 16.6 Å². The Morgan fingerprint density at radius 3 is 2.76 bits per heavy atom. The molecule has 1 aromatic carbocycles. The minimum absolute atomic E-state index is 0.0455. The zero-order chi connectivity index (χ0) is 15.4. The summed E-state index contributed by atoms with van der Waals surface area (Å²) in [6.45, 7) is 1.85. The van der Waals surface area contributed by atoms with Crippen LogP contribution in [0.2, 0.25) is 5.02 Å². The van der Waals surface area contributed by atoms with E-state index in [1.165, 1.54) is 16.8 Å². The van der Waals surface area contributed by atoms with Crippen LogP contribution in [-0.4, -0.2) is 17.3 Å². The topological polar surface area (TPSA) is 86.3 Å². The zero-order valence-corrected chi connectivity index (χ0v) is 12.1. The number of hydrogen-bond donors (Lipinski definition) is 2. The van der Waals surface area contributed by atoms with E-state index in [4.69, 9.17) is 22.1 Å². The second-order valence-corrected chi connectivity index (χ2v) is 4.53. The van der Waals surface area contributed by atoms with Gasteiger partial charge in [0, 0.05) is 6.20 Å². The lowest BCUT2D eigenvalue weighted by Crippen LogP contribution is -2.26. The molecule has 0 bridgehead atoms. The fourth-order valence-corrected chi connectivity index (χ4v) is 2.01. The fourth-order valence-electron chi connectivity index (χ4n) is 1.78. The lowest BCUT2D eigenvalue weighted by Gasteiger charge is -2.12. The summed E-state index contributed by atoms with van der Waals surface area (Å²) < 4.78 is 6.05. The van der Waals surface area contributed by atoms with Gasteiger partial charge in [0.15, 0.2) is 0 Å². The number of aromatic nitrogens is 1. The normalized spacial score (nSPS) is 10.2. The van der Waals surface area contributed by atoms with Crippen molar-refractivity contribution in [2.24, 2.45) is 0 Å². The molecule has 0 saturated carbocycles. The van der Waals surface area contributed by atoms with Gasteiger partial charge in [-0.3, -0.25) is 14.7 Å². The Morgan fingerprint density at radius 1 is 1.38 bits per heavy atom. The van der Waals surface area contributed by atoms with Crippen molar-refractivity contribution in [1.82, 2.24) is 4.57 Å². The average molecular weight is 308 g/mol. The number of nitrogens with zero attached hydrogens (tertiary/aromatic N) is 1. The van der Waals surface area contributed by atoms with E-state index in [-0.39, 0.29) is 18.0 Å². The van der Waals surface area contributed by atoms with Crippen LogP contribution in [0.4, 0.5) is 16.2 Å². The number of nitrogen functional groups attached to an aromatic ring is 1. The molecular formula is C14H14ClN3O3. The van der Waals surface area contributed by atoms with Crippen LogP contribution in [0.3, 0.4) is 0 Å². The number of nitrogens with one attached hydrogen (secondary N) is 1.